The van der Waals surface area contributed by atoms with Crippen molar-refractivity contribution in [2.75, 3.05) is 20.6 Å². The summed E-state index contributed by atoms with van der Waals surface area (Å²) < 4.78 is 11.1. The molecule has 0 spiro atoms. The lowest BCUT2D eigenvalue weighted by molar-refractivity contribution is 0.0911. The SMILES string of the molecule is CC(=O)c1ccc(-c2ccc(C(=O)NC[C@@H](c3ccco3)N(C)C)o2)cc1. The molecule has 3 rings (SSSR count). The fourth-order valence-corrected chi connectivity index (χ4v) is 2.78. The third kappa shape index (κ3) is 4.35. The van der Waals surface area contributed by atoms with Crippen molar-refractivity contribution >= 4 is 11.7 Å². The molecule has 2 heterocycles. The number of amides is 1. The van der Waals surface area contributed by atoms with Crippen molar-refractivity contribution in [3.8, 4) is 11.3 Å². The molecule has 2 aromatic heterocycles. The Balaban J connectivity index is 1.67. The highest BCUT2D eigenvalue weighted by Gasteiger charge is 2.19. The van der Waals surface area contributed by atoms with Gasteiger partial charge in [0.1, 0.15) is 11.5 Å². The summed E-state index contributed by atoms with van der Waals surface area (Å²) in [6.45, 7) is 1.91. The van der Waals surface area contributed by atoms with Gasteiger partial charge in [0.05, 0.1) is 12.3 Å². The van der Waals surface area contributed by atoms with E-state index in [4.69, 9.17) is 8.83 Å². The van der Waals surface area contributed by atoms with Crippen LogP contribution in [0.2, 0.25) is 0 Å². The minimum atomic E-state index is -0.292. The van der Waals surface area contributed by atoms with E-state index >= 15 is 0 Å². The summed E-state index contributed by atoms with van der Waals surface area (Å²) in [7, 11) is 3.85. The van der Waals surface area contributed by atoms with Crippen LogP contribution in [-0.2, 0) is 0 Å². The van der Waals surface area contributed by atoms with Crippen LogP contribution in [0.25, 0.3) is 11.3 Å². The molecule has 6 nitrogen and oxygen atoms in total. The summed E-state index contributed by atoms with van der Waals surface area (Å²) in [4.78, 5) is 25.8. The second-order valence-corrected chi connectivity index (χ2v) is 6.50. The van der Waals surface area contributed by atoms with Gasteiger partial charge in [-0.25, -0.2) is 0 Å². The van der Waals surface area contributed by atoms with Crippen LogP contribution < -0.4 is 5.32 Å². The summed E-state index contributed by atoms with van der Waals surface area (Å²) in [5, 5.41) is 2.88. The van der Waals surface area contributed by atoms with Gasteiger partial charge in [-0.3, -0.25) is 14.5 Å². The number of hydrogen-bond donors (Lipinski definition) is 1. The fraction of sp³-hybridized carbons (Fsp3) is 0.238. The molecular weight excluding hydrogens is 344 g/mol. The zero-order chi connectivity index (χ0) is 19.4. The Bertz CT molecular complexity index is 908. The molecule has 1 amide bonds. The Morgan fingerprint density at radius 2 is 1.81 bits per heavy atom. The maximum atomic E-state index is 12.4. The molecule has 0 aliphatic carbocycles. The van der Waals surface area contributed by atoms with E-state index in [-0.39, 0.29) is 23.5 Å². The maximum absolute atomic E-state index is 12.4. The average Bonchev–Trinajstić information content (AvgIpc) is 3.34. The summed E-state index contributed by atoms with van der Waals surface area (Å²) in [6, 6.07) is 14.1. The molecule has 0 radical (unpaired) electrons. The number of ketones is 1. The molecule has 1 atom stereocenters. The van der Waals surface area contributed by atoms with Crippen LogP contribution in [0.3, 0.4) is 0 Å². The topological polar surface area (TPSA) is 75.7 Å². The first kappa shape index (κ1) is 18.7. The van der Waals surface area contributed by atoms with Gasteiger partial charge < -0.3 is 14.2 Å². The summed E-state index contributed by atoms with van der Waals surface area (Å²) in [5.41, 5.74) is 1.44. The van der Waals surface area contributed by atoms with E-state index in [1.807, 2.05) is 31.1 Å². The van der Waals surface area contributed by atoms with Gasteiger partial charge in [-0.2, -0.15) is 0 Å². The Morgan fingerprint density at radius 1 is 1.07 bits per heavy atom. The average molecular weight is 366 g/mol. The Hall–Kier alpha value is -3.12. The third-order valence-corrected chi connectivity index (χ3v) is 4.36. The highest BCUT2D eigenvalue weighted by Crippen LogP contribution is 2.23. The molecule has 1 N–H and O–H groups in total. The van der Waals surface area contributed by atoms with Gasteiger partial charge in [0, 0.05) is 17.7 Å². The van der Waals surface area contributed by atoms with E-state index in [1.54, 1.807) is 42.7 Å². The van der Waals surface area contributed by atoms with Gasteiger partial charge >= 0.3 is 0 Å². The number of furan rings is 2. The van der Waals surface area contributed by atoms with E-state index in [0.29, 0.717) is 17.9 Å². The van der Waals surface area contributed by atoms with Gasteiger partial charge in [-0.05, 0) is 45.3 Å². The zero-order valence-electron chi connectivity index (χ0n) is 15.6. The van der Waals surface area contributed by atoms with Crippen LogP contribution in [-0.4, -0.2) is 37.2 Å². The van der Waals surface area contributed by atoms with Gasteiger partial charge in [0.2, 0.25) is 0 Å². The van der Waals surface area contributed by atoms with E-state index in [2.05, 4.69) is 5.32 Å². The first-order chi connectivity index (χ1) is 13.0. The van der Waals surface area contributed by atoms with E-state index in [9.17, 15) is 9.59 Å². The number of benzene rings is 1. The second-order valence-electron chi connectivity index (χ2n) is 6.50. The van der Waals surface area contributed by atoms with Crippen molar-refractivity contribution < 1.29 is 18.4 Å². The Morgan fingerprint density at radius 3 is 2.41 bits per heavy atom. The van der Waals surface area contributed by atoms with Gasteiger partial charge in [-0.1, -0.05) is 24.3 Å². The lowest BCUT2D eigenvalue weighted by atomic mass is 10.1. The Kier molecular flexibility index (Phi) is 5.57. The number of nitrogens with one attached hydrogen (secondary N) is 1. The third-order valence-electron chi connectivity index (χ3n) is 4.36. The number of Topliss-reactive ketones (excluding diaryl/α,β-unsaturated/α-hetero) is 1. The van der Waals surface area contributed by atoms with Crippen LogP contribution >= 0.6 is 0 Å². The van der Waals surface area contributed by atoms with Gasteiger partial charge in [-0.15, -0.1) is 0 Å². The van der Waals surface area contributed by atoms with Crippen molar-refractivity contribution in [3.05, 3.63) is 71.9 Å². The molecule has 3 aromatic rings. The minimum absolute atomic E-state index is 0.00747. The van der Waals surface area contributed by atoms with Crippen LogP contribution in [0.4, 0.5) is 0 Å². The molecule has 0 saturated heterocycles. The lowest BCUT2D eigenvalue weighted by Crippen LogP contribution is -2.34. The molecule has 6 heteroatoms. The molecule has 0 unspecified atom stereocenters. The number of carbonyl (C=O) groups is 2. The predicted octanol–water partition coefficient (Wildman–Crippen LogP) is 3.77. The van der Waals surface area contributed by atoms with E-state index in [1.165, 1.54) is 6.92 Å². The van der Waals surface area contributed by atoms with Crippen LogP contribution in [0.1, 0.15) is 39.6 Å². The minimum Gasteiger partial charge on any atom is -0.468 e. The Labute approximate surface area is 157 Å². The van der Waals surface area contributed by atoms with Crippen LogP contribution in [0.5, 0.6) is 0 Å². The van der Waals surface area contributed by atoms with Crippen molar-refractivity contribution in [3.63, 3.8) is 0 Å². The number of carbonyl (C=O) groups excluding carboxylic acids is 2. The summed E-state index contributed by atoms with van der Waals surface area (Å²) >= 11 is 0. The van der Waals surface area contributed by atoms with Gasteiger partial charge in [0.15, 0.2) is 11.5 Å². The first-order valence-corrected chi connectivity index (χ1v) is 8.65. The molecule has 0 saturated carbocycles. The number of likely N-dealkylation sites (N-methyl/N-ethyl adjacent to an activating group) is 1. The van der Waals surface area contributed by atoms with E-state index < -0.39 is 0 Å². The second kappa shape index (κ2) is 8.05. The normalized spacial score (nSPS) is 12.1. The maximum Gasteiger partial charge on any atom is 0.287 e. The quantitative estimate of drug-likeness (QED) is 0.644. The summed E-state index contributed by atoms with van der Waals surface area (Å²) in [5.74, 6) is 1.31. The molecular formula is C21H22N2O4. The van der Waals surface area contributed by atoms with Crippen LogP contribution in [0.15, 0.2) is 63.6 Å². The standard InChI is InChI=1S/C21H22N2O4/c1-14(24)15-6-8-16(9-7-15)18-10-11-20(27-18)21(25)22-13-17(23(2)3)19-5-4-12-26-19/h4-12,17H,13H2,1-3H3,(H,22,25)/t17-/m0/s1. The number of nitrogens with zero attached hydrogens (tertiary/aromatic N) is 1. The summed E-state index contributed by atoms with van der Waals surface area (Å²) in [6.07, 6.45) is 1.61. The number of rotatable bonds is 7. The fourth-order valence-electron chi connectivity index (χ4n) is 2.78. The molecule has 0 bridgehead atoms. The highest BCUT2D eigenvalue weighted by atomic mass is 16.4. The first-order valence-electron chi connectivity index (χ1n) is 8.65. The lowest BCUT2D eigenvalue weighted by Gasteiger charge is -2.22. The van der Waals surface area contributed by atoms with Crippen molar-refractivity contribution in [1.82, 2.24) is 10.2 Å². The molecule has 0 aliphatic heterocycles. The van der Waals surface area contributed by atoms with Gasteiger partial charge in [0.25, 0.3) is 5.91 Å². The molecule has 0 aliphatic rings. The predicted molar refractivity (Wildman–Crippen MR) is 102 cm³/mol. The number of hydrogen-bond acceptors (Lipinski definition) is 5. The van der Waals surface area contributed by atoms with E-state index in [0.717, 1.165) is 11.3 Å². The smallest absolute Gasteiger partial charge is 0.287 e. The zero-order valence-corrected chi connectivity index (χ0v) is 15.6. The van der Waals surface area contributed by atoms with Crippen molar-refractivity contribution in [1.29, 1.82) is 0 Å². The molecule has 0 fully saturated rings. The molecule has 140 valence electrons. The van der Waals surface area contributed by atoms with Crippen molar-refractivity contribution in [2.24, 2.45) is 0 Å². The largest absolute Gasteiger partial charge is 0.468 e. The molecule has 1 aromatic carbocycles. The van der Waals surface area contributed by atoms with Crippen molar-refractivity contribution in [2.45, 2.75) is 13.0 Å². The highest BCUT2D eigenvalue weighted by molar-refractivity contribution is 5.94. The van der Waals surface area contributed by atoms with Crippen LogP contribution in [0, 0.1) is 0 Å². The monoisotopic (exact) mass is 366 g/mol. The molecule has 27 heavy (non-hydrogen) atoms.